The Morgan fingerprint density at radius 3 is 2.90 bits per heavy atom. The topological polar surface area (TPSA) is 62.2 Å². The van der Waals surface area contributed by atoms with Gasteiger partial charge in [0.05, 0.1) is 5.69 Å². The number of thiophene rings is 1. The highest BCUT2D eigenvalue weighted by molar-refractivity contribution is 9.10. The van der Waals surface area contributed by atoms with Gasteiger partial charge in [-0.2, -0.15) is 0 Å². The van der Waals surface area contributed by atoms with Crippen LogP contribution in [-0.2, 0) is 0 Å². The molecule has 0 aliphatic heterocycles. The van der Waals surface area contributed by atoms with Gasteiger partial charge >= 0.3 is 5.97 Å². The van der Waals surface area contributed by atoms with Crippen molar-refractivity contribution >= 4 is 54.1 Å². The summed E-state index contributed by atoms with van der Waals surface area (Å²) in [5.41, 5.74) is 0.317. The number of hydrogen-bond acceptors (Lipinski definition) is 4. The van der Waals surface area contributed by atoms with Crippen LogP contribution in [0.15, 0.2) is 41.0 Å². The third kappa shape index (κ3) is 2.62. The predicted octanol–water partition coefficient (Wildman–Crippen LogP) is 4.64. The van der Waals surface area contributed by atoms with Crippen molar-refractivity contribution in [3.8, 4) is 0 Å². The zero-order chi connectivity index (χ0) is 15.0. The minimum atomic E-state index is -1.07. The van der Waals surface area contributed by atoms with Crippen LogP contribution in [0.25, 0.3) is 10.2 Å². The minimum Gasteiger partial charge on any atom is -0.478 e. The van der Waals surface area contributed by atoms with Crippen LogP contribution >= 0.6 is 27.3 Å². The summed E-state index contributed by atoms with van der Waals surface area (Å²) < 4.78 is 14.5. The van der Waals surface area contributed by atoms with Gasteiger partial charge in [0.2, 0.25) is 0 Å². The lowest BCUT2D eigenvalue weighted by atomic mass is 10.2. The van der Waals surface area contributed by atoms with E-state index in [1.165, 1.54) is 17.4 Å². The number of aromatic carboxylic acids is 1. The predicted molar refractivity (Wildman–Crippen MR) is 84.0 cm³/mol. The minimum absolute atomic E-state index is 0.102. The molecule has 2 heterocycles. The van der Waals surface area contributed by atoms with Crippen molar-refractivity contribution in [3.05, 3.63) is 52.4 Å². The van der Waals surface area contributed by atoms with Crippen molar-refractivity contribution in [2.24, 2.45) is 0 Å². The van der Waals surface area contributed by atoms with Crippen LogP contribution in [-0.4, -0.2) is 16.1 Å². The van der Waals surface area contributed by atoms with Crippen molar-refractivity contribution in [1.82, 2.24) is 4.98 Å². The fourth-order valence-electron chi connectivity index (χ4n) is 1.95. The van der Waals surface area contributed by atoms with Gasteiger partial charge in [-0.3, -0.25) is 0 Å². The highest BCUT2D eigenvalue weighted by atomic mass is 79.9. The molecular weight excluding hydrogens is 359 g/mol. The molecular formula is C14H8BrFN2O2S. The lowest BCUT2D eigenvalue weighted by Crippen LogP contribution is -2.00. The first kappa shape index (κ1) is 14.0. The number of aromatic nitrogens is 1. The molecule has 0 unspecified atom stereocenters. The summed E-state index contributed by atoms with van der Waals surface area (Å²) in [6, 6.07) is 7.89. The molecule has 2 aromatic heterocycles. The van der Waals surface area contributed by atoms with E-state index in [1.54, 1.807) is 30.5 Å². The maximum Gasteiger partial charge on any atom is 0.339 e. The second-order valence-electron chi connectivity index (χ2n) is 4.22. The largest absolute Gasteiger partial charge is 0.478 e. The highest BCUT2D eigenvalue weighted by Gasteiger charge is 2.19. The molecule has 0 radical (unpaired) electrons. The Morgan fingerprint density at radius 1 is 1.38 bits per heavy atom. The first-order valence-corrected chi connectivity index (χ1v) is 7.50. The number of carboxylic acids is 1. The number of carbonyl (C=O) groups is 1. The third-order valence-electron chi connectivity index (χ3n) is 2.86. The smallest absolute Gasteiger partial charge is 0.339 e. The lowest BCUT2D eigenvalue weighted by molar-refractivity contribution is 0.0700. The van der Waals surface area contributed by atoms with Crippen LogP contribution in [0.2, 0.25) is 0 Å². The standard InChI is InChI=1S/C14H8BrFN2O2S/c15-7-3-4-10(9(16)6-7)18-13-11(14(19)20)8-2-1-5-17-12(8)21-13/h1-6,18H,(H,19,20). The first-order chi connectivity index (χ1) is 10.1. The molecule has 0 saturated heterocycles. The van der Waals surface area contributed by atoms with Gasteiger partial charge in [0.15, 0.2) is 0 Å². The number of hydrogen-bond donors (Lipinski definition) is 2. The molecule has 0 aliphatic carbocycles. The van der Waals surface area contributed by atoms with Crippen molar-refractivity contribution in [2.45, 2.75) is 0 Å². The van der Waals surface area contributed by atoms with Gasteiger partial charge in [-0.1, -0.05) is 27.3 Å². The SMILES string of the molecule is O=C(O)c1c(Nc2ccc(Br)cc2F)sc2ncccc12. The maximum absolute atomic E-state index is 13.9. The van der Waals surface area contributed by atoms with E-state index in [-0.39, 0.29) is 11.3 Å². The summed E-state index contributed by atoms with van der Waals surface area (Å²) in [5, 5.41) is 13.1. The number of halogens is 2. The Labute approximate surface area is 131 Å². The van der Waals surface area contributed by atoms with Crippen LogP contribution < -0.4 is 5.32 Å². The summed E-state index contributed by atoms with van der Waals surface area (Å²) in [6.07, 6.45) is 1.59. The van der Waals surface area contributed by atoms with E-state index in [1.807, 2.05) is 0 Å². The molecule has 4 nitrogen and oxygen atoms in total. The van der Waals surface area contributed by atoms with E-state index >= 15 is 0 Å². The van der Waals surface area contributed by atoms with Gasteiger partial charge in [-0.25, -0.2) is 14.2 Å². The van der Waals surface area contributed by atoms with Crippen LogP contribution in [0.5, 0.6) is 0 Å². The molecule has 21 heavy (non-hydrogen) atoms. The number of rotatable bonds is 3. The molecule has 1 aromatic carbocycles. The number of nitrogens with zero attached hydrogens (tertiary/aromatic N) is 1. The Morgan fingerprint density at radius 2 is 2.19 bits per heavy atom. The lowest BCUT2D eigenvalue weighted by Gasteiger charge is -2.06. The molecule has 0 aliphatic rings. The Bertz CT molecular complexity index is 850. The summed E-state index contributed by atoms with van der Waals surface area (Å²) in [5.74, 6) is -1.54. The number of nitrogens with one attached hydrogen (secondary N) is 1. The van der Waals surface area contributed by atoms with Gasteiger partial charge in [0.1, 0.15) is 21.2 Å². The fraction of sp³-hybridized carbons (Fsp3) is 0. The zero-order valence-electron chi connectivity index (χ0n) is 10.4. The molecule has 0 saturated carbocycles. The van der Waals surface area contributed by atoms with E-state index in [9.17, 15) is 14.3 Å². The van der Waals surface area contributed by atoms with E-state index < -0.39 is 11.8 Å². The Kier molecular flexibility index (Phi) is 3.60. The molecule has 0 fully saturated rings. The summed E-state index contributed by atoms with van der Waals surface area (Å²) in [6.45, 7) is 0. The molecule has 106 valence electrons. The second-order valence-corrected chi connectivity index (χ2v) is 6.13. The summed E-state index contributed by atoms with van der Waals surface area (Å²) in [4.78, 5) is 16.2. The van der Waals surface area contributed by atoms with Crippen molar-refractivity contribution in [2.75, 3.05) is 5.32 Å². The summed E-state index contributed by atoms with van der Waals surface area (Å²) in [7, 11) is 0. The second kappa shape index (κ2) is 5.42. The highest BCUT2D eigenvalue weighted by Crippen LogP contribution is 2.37. The Hall–Kier alpha value is -1.99. The van der Waals surface area contributed by atoms with Crippen LogP contribution in [0.1, 0.15) is 10.4 Å². The number of anilines is 2. The molecule has 0 atom stereocenters. The van der Waals surface area contributed by atoms with Gasteiger partial charge in [0, 0.05) is 16.1 Å². The quantitative estimate of drug-likeness (QED) is 0.708. The van der Waals surface area contributed by atoms with E-state index in [2.05, 4.69) is 26.2 Å². The Balaban J connectivity index is 2.12. The van der Waals surface area contributed by atoms with Gasteiger partial charge in [0.25, 0.3) is 0 Å². The third-order valence-corrected chi connectivity index (χ3v) is 4.38. The molecule has 2 N–H and O–H groups in total. The normalized spacial score (nSPS) is 10.8. The molecule has 0 amide bonds. The van der Waals surface area contributed by atoms with Crippen molar-refractivity contribution < 1.29 is 14.3 Å². The van der Waals surface area contributed by atoms with Crippen LogP contribution in [0.3, 0.4) is 0 Å². The number of benzene rings is 1. The average Bonchev–Trinajstić information content (AvgIpc) is 2.80. The van der Waals surface area contributed by atoms with Crippen molar-refractivity contribution in [1.29, 1.82) is 0 Å². The number of pyridine rings is 1. The fourth-order valence-corrected chi connectivity index (χ4v) is 3.33. The van der Waals surface area contributed by atoms with E-state index in [4.69, 9.17) is 0 Å². The van der Waals surface area contributed by atoms with E-state index in [0.29, 0.717) is 19.7 Å². The number of fused-ring (bicyclic) bond motifs is 1. The van der Waals surface area contributed by atoms with Crippen LogP contribution in [0.4, 0.5) is 15.1 Å². The van der Waals surface area contributed by atoms with Gasteiger partial charge in [-0.15, -0.1) is 0 Å². The molecule has 3 rings (SSSR count). The first-order valence-electron chi connectivity index (χ1n) is 5.89. The monoisotopic (exact) mass is 366 g/mol. The van der Waals surface area contributed by atoms with E-state index in [0.717, 1.165) is 0 Å². The zero-order valence-corrected chi connectivity index (χ0v) is 12.8. The van der Waals surface area contributed by atoms with Gasteiger partial charge in [-0.05, 0) is 30.3 Å². The average molecular weight is 367 g/mol. The molecule has 3 aromatic rings. The molecule has 7 heteroatoms. The van der Waals surface area contributed by atoms with Gasteiger partial charge < -0.3 is 10.4 Å². The summed E-state index contributed by atoms with van der Waals surface area (Å²) >= 11 is 4.36. The molecule has 0 bridgehead atoms. The number of carboxylic acid groups (broad SMARTS) is 1. The maximum atomic E-state index is 13.9. The van der Waals surface area contributed by atoms with Crippen molar-refractivity contribution in [3.63, 3.8) is 0 Å². The van der Waals surface area contributed by atoms with Crippen LogP contribution in [0, 0.1) is 5.82 Å². The molecule has 0 spiro atoms.